The molecule has 1 fully saturated rings. The third kappa shape index (κ3) is 4.77. The predicted octanol–water partition coefficient (Wildman–Crippen LogP) is 2.83. The average molecular weight is 315 g/mol. The van der Waals surface area contributed by atoms with E-state index >= 15 is 0 Å². The average Bonchev–Trinajstić information content (AvgIpc) is 2.50. The summed E-state index contributed by atoms with van der Waals surface area (Å²) >= 11 is 0. The molecule has 21 heavy (non-hydrogen) atoms. The van der Waals surface area contributed by atoms with Crippen molar-refractivity contribution in [3.05, 3.63) is 23.8 Å². The third-order valence-corrected chi connectivity index (χ3v) is 4.12. The molecule has 0 amide bonds. The van der Waals surface area contributed by atoms with Gasteiger partial charge in [-0.1, -0.05) is 12.5 Å². The topological polar surface area (TPSA) is 47.7 Å². The number of benzene rings is 1. The number of ether oxygens (including phenoxy) is 2. The molecule has 0 bridgehead atoms. The van der Waals surface area contributed by atoms with E-state index in [-0.39, 0.29) is 12.4 Å². The largest absolute Gasteiger partial charge is 0.497 e. The highest BCUT2D eigenvalue weighted by molar-refractivity contribution is 5.85. The summed E-state index contributed by atoms with van der Waals surface area (Å²) in [6, 6.07) is 6.67. The Morgan fingerprint density at radius 2 is 2.05 bits per heavy atom. The van der Waals surface area contributed by atoms with E-state index < -0.39 is 0 Å². The second-order valence-corrected chi connectivity index (χ2v) is 5.38. The monoisotopic (exact) mass is 314 g/mol. The first-order valence-corrected chi connectivity index (χ1v) is 7.43. The molecule has 0 aliphatic carbocycles. The molecule has 1 heterocycles. The molecule has 0 radical (unpaired) electrons. The van der Waals surface area contributed by atoms with E-state index in [2.05, 4.69) is 11.0 Å². The van der Waals surface area contributed by atoms with Crippen molar-refractivity contribution in [3.8, 4) is 11.5 Å². The Bertz CT molecular complexity index is 427. The van der Waals surface area contributed by atoms with Crippen molar-refractivity contribution in [2.45, 2.75) is 38.3 Å². The van der Waals surface area contributed by atoms with Gasteiger partial charge in [0, 0.05) is 24.2 Å². The maximum absolute atomic E-state index is 5.74. The Morgan fingerprint density at radius 3 is 2.71 bits per heavy atom. The number of rotatable bonds is 6. The van der Waals surface area contributed by atoms with Crippen molar-refractivity contribution in [2.75, 3.05) is 27.3 Å². The predicted molar refractivity (Wildman–Crippen MR) is 88.5 cm³/mol. The lowest BCUT2D eigenvalue weighted by atomic mass is 9.98. The van der Waals surface area contributed by atoms with Crippen molar-refractivity contribution >= 4 is 12.4 Å². The van der Waals surface area contributed by atoms with Gasteiger partial charge in [0.2, 0.25) is 0 Å². The van der Waals surface area contributed by atoms with Gasteiger partial charge >= 0.3 is 0 Å². The lowest BCUT2D eigenvalue weighted by Gasteiger charge is -2.36. The molecule has 1 saturated heterocycles. The van der Waals surface area contributed by atoms with Gasteiger partial charge in [0.15, 0.2) is 0 Å². The van der Waals surface area contributed by atoms with E-state index in [0.717, 1.165) is 37.6 Å². The van der Waals surface area contributed by atoms with Gasteiger partial charge in [-0.15, -0.1) is 12.4 Å². The molecule has 1 atom stereocenters. The zero-order chi connectivity index (χ0) is 14.4. The lowest BCUT2D eigenvalue weighted by molar-refractivity contribution is 0.133. The van der Waals surface area contributed by atoms with Crippen LogP contribution in [0.3, 0.4) is 0 Å². The Labute approximate surface area is 134 Å². The van der Waals surface area contributed by atoms with Crippen molar-refractivity contribution in [3.63, 3.8) is 0 Å². The Morgan fingerprint density at radius 1 is 1.24 bits per heavy atom. The third-order valence-electron chi connectivity index (χ3n) is 4.12. The number of nitrogens with zero attached hydrogens (tertiary/aromatic N) is 1. The minimum absolute atomic E-state index is 0. The normalized spacial score (nSPS) is 18.9. The van der Waals surface area contributed by atoms with E-state index in [1.165, 1.54) is 24.8 Å². The number of methoxy groups -OCH3 is 2. The molecule has 1 aromatic rings. The maximum Gasteiger partial charge on any atom is 0.127 e. The minimum Gasteiger partial charge on any atom is -0.497 e. The molecule has 0 saturated carbocycles. The molecular formula is C16H27ClN2O2. The lowest BCUT2D eigenvalue weighted by Crippen LogP contribution is -2.40. The molecule has 2 rings (SSSR count). The number of piperidine rings is 1. The summed E-state index contributed by atoms with van der Waals surface area (Å²) in [5.41, 5.74) is 6.96. The van der Waals surface area contributed by atoms with Gasteiger partial charge in [-0.3, -0.25) is 4.90 Å². The number of likely N-dealkylation sites (tertiary alicyclic amines) is 1. The molecule has 120 valence electrons. The smallest absolute Gasteiger partial charge is 0.127 e. The summed E-state index contributed by atoms with van der Waals surface area (Å²) in [5.74, 6) is 1.74. The van der Waals surface area contributed by atoms with E-state index in [4.69, 9.17) is 15.2 Å². The van der Waals surface area contributed by atoms with Gasteiger partial charge in [-0.25, -0.2) is 0 Å². The molecule has 0 spiro atoms. The van der Waals surface area contributed by atoms with Crippen LogP contribution in [0.4, 0.5) is 0 Å². The highest BCUT2D eigenvalue weighted by Crippen LogP contribution is 2.28. The van der Waals surface area contributed by atoms with Gasteiger partial charge in [0.25, 0.3) is 0 Å². The summed E-state index contributed by atoms with van der Waals surface area (Å²) in [7, 11) is 3.39. The Kier molecular flexibility index (Phi) is 7.86. The van der Waals surface area contributed by atoms with Gasteiger partial charge in [0.05, 0.1) is 14.2 Å². The summed E-state index contributed by atoms with van der Waals surface area (Å²) in [6.45, 7) is 2.85. The first-order valence-electron chi connectivity index (χ1n) is 7.43. The zero-order valence-electron chi connectivity index (χ0n) is 13.0. The van der Waals surface area contributed by atoms with Crippen LogP contribution in [0, 0.1) is 0 Å². The fraction of sp³-hybridized carbons (Fsp3) is 0.625. The number of hydrogen-bond acceptors (Lipinski definition) is 4. The first kappa shape index (κ1) is 18.1. The van der Waals surface area contributed by atoms with E-state index in [1.807, 2.05) is 12.1 Å². The molecule has 1 aliphatic heterocycles. The van der Waals surface area contributed by atoms with Crippen LogP contribution < -0.4 is 15.2 Å². The second-order valence-electron chi connectivity index (χ2n) is 5.38. The van der Waals surface area contributed by atoms with Gasteiger partial charge in [-0.2, -0.15) is 0 Å². The van der Waals surface area contributed by atoms with E-state index in [1.54, 1.807) is 14.2 Å². The highest BCUT2D eigenvalue weighted by atomic mass is 35.5. The van der Waals surface area contributed by atoms with Crippen LogP contribution in [0.5, 0.6) is 11.5 Å². The molecule has 1 aromatic carbocycles. The number of hydrogen-bond donors (Lipinski definition) is 1. The zero-order valence-corrected chi connectivity index (χ0v) is 13.8. The number of halogens is 1. The fourth-order valence-electron chi connectivity index (χ4n) is 2.99. The van der Waals surface area contributed by atoms with E-state index in [0.29, 0.717) is 6.04 Å². The summed E-state index contributed by atoms with van der Waals surface area (Å²) in [5, 5.41) is 0. The van der Waals surface area contributed by atoms with Crippen LogP contribution in [0.2, 0.25) is 0 Å². The van der Waals surface area contributed by atoms with Crippen molar-refractivity contribution in [2.24, 2.45) is 5.73 Å². The molecule has 2 N–H and O–H groups in total. The van der Waals surface area contributed by atoms with Crippen LogP contribution in [-0.2, 0) is 6.54 Å². The van der Waals surface area contributed by atoms with Crippen molar-refractivity contribution in [1.29, 1.82) is 0 Å². The van der Waals surface area contributed by atoms with Gasteiger partial charge in [-0.05, 0) is 38.4 Å². The van der Waals surface area contributed by atoms with Crippen LogP contribution in [-0.4, -0.2) is 38.3 Å². The van der Waals surface area contributed by atoms with Crippen LogP contribution >= 0.6 is 12.4 Å². The van der Waals surface area contributed by atoms with Crippen molar-refractivity contribution < 1.29 is 9.47 Å². The first-order chi connectivity index (χ1) is 9.78. The molecule has 1 unspecified atom stereocenters. The molecule has 5 heteroatoms. The number of nitrogens with two attached hydrogens (primary N) is 1. The molecule has 4 nitrogen and oxygen atoms in total. The van der Waals surface area contributed by atoms with Crippen LogP contribution in [0.15, 0.2) is 18.2 Å². The second kappa shape index (κ2) is 9.13. The minimum atomic E-state index is 0. The summed E-state index contributed by atoms with van der Waals surface area (Å²) in [4.78, 5) is 2.54. The molecule has 1 aliphatic rings. The van der Waals surface area contributed by atoms with Crippen LogP contribution in [0.1, 0.15) is 31.2 Å². The van der Waals surface area contributed by atoms with Crippen molar-refractivity contribution in [1.82, 2.24) is 4.90 Å². The van der Waals surface area contributed by atoms with Gasteiger partial charge in [0.1, 0.15) is 11.5 Å². The molecule has 0 aromatic heterocycles. The SMILES string of the molecule is COc1ccc(CN2CCCCC2CCN)c(OC)c1.Cl. The quantitative estimate of drug-likeness (QED) is 0.877. The Hall–Kier alpha value is -0.970. The summed E-state index contributed by atoms with van der Waals surface area (Å²) in [6.07, 6.45) is 4.94. The van der Waals surface area contributed by atoms with E-state index in [9.17, 15) is 0 Å². The summed E-state index contributed by atoms with van der Waals surface area (Å²) < 4.78 is 10.7. The van der Waals surface area contributed by atoms with Crippen LogP contribution in [0.25, 0.3) is 0 Å². The maximum atomic E-state index is 5.74. The fourth-order valence-corrected chi connectivity index (χ4v) is 2.99. The van der Waals surface area contributed by atoms with Gasteiger partial charge < -0.3 is 15.2 Å². The standard InChI is InChI=1S/C16H26N2O2.ClH/c1-19-15-7-6-13(16(11-15)20-2)12-18-10-4-3-5-14(18)8-9-17;/h6-7,11,14H,3-5,8-10,12,17H2,1-2H3;1H. The Balaban J connectivity index is 0.00000220. The molecular weight excluding hydrogens is 288 g/mol. The highest BCUT2D eigenvalue weighted by Gasteiger charge is 2.22.